The van der Waals surface area contributed by atoms with Crippen molar-refractivity contribution < 1.29 is 4.44 Å². The second kappa shape index (κ2) is 20.5. The van der Waals surface area contributed by atoms with E-state index >= 15 is 0 Å². The summed E-state index contributed by atoms with van der Waals surface area (Å²) in [7, 11) is 19.7. The summed E-state index contributed by atoms with van der Waals surface area (Å²) in [4.78, 5) is 0. The van der Waals surface area contributed by atoms with Crippen LogP contribution in [0.1, 0.15) is 41.5 Å². The number of rotatable bonds is 11. The molecule has 0 amide bonds. The predicted octanol–water partition coefficient (Wildman–Crippen LogP) is 8.34. The smallest absolute Gasteiger partial charge is 0.391 e. The van der Waals surface area contributed by atoms with Crippen molar-refractivity contribution >= 4 is 88.2 Å². The zero-order valence-corrected chi connectivity index (χ0v) is 28.8. The molecule has 1 aromatic carbocycles. The number of halogens is 4. The number of para-hydroxylation sites is 1. The summed E-state index contributed by atoms with van der Waals surface area (Å²) >= 11 is 1.70. The molecule has 0 saturated carbocycles. The van der Waals surface area contributed by atoms with Gasteiger partial charge in [-0.1, -0.05) is 71.5 Å². The van der Waals surface area contributed by atoms with Crippen LogP contribution in [0, 0.1) is 0 Å². The molecule has 0 bridgehead atoms. The monoisotopic (exact) mass is 641 g/mol. The maximum Gasteiger partial charge on any atom is 0.564 e. The summed E-state index contributed by atoms with van der Waals surface area (Å²) in [6.45, 7) is 20.5. The summed E-state index contributed by atoms with van der Waals surface area (Å²) in [5.74, 6) is 0. The van der Waals surface area contributed by atoms with Crippen molar-refractivity contribution in [3.05, 3.63) is 30.3 Å². The van der Waals surface area contributed by atoms with E-state index in [0.717, 1.165) is 49.3 Å². The van der Waals surface area contributed by atoms with E-state index in [4.69, 9.17) is 40.2 Å². The Kier molecular flexibility index (Phi) is 21.5. The minimum Gasteiger partial charge on any atom is -0.391 e. The maximum atomic E-state index is 4.99. The van der Waals surface area contributed by atoms with Gasteiger partial charge in [0.25, 0.3) is 0 Å². The molecule has 196 valence electrons. The number of thioether (sulfide) groups is 1. The Morgan fingerprint density at radius 3 is 1.53 bits per heavy atom. The Labute approximate surface area is 237 Å². The summed E-state index contributed by atoms with van der Waals surface area (Å²) in [6, 6.07) is 10.2. The largest absolute Gasteiger partial charge is 0.564 e. The molecule has 0 aliphatic rings. The average molecular weight is 643 g/mol. The van der Waals surface area contributed by atoms with Gasteiger partial charge in [-0.15, -0.1) is 0 Å². The first-order chi connectivity index (χ1) is 16.1. The normalized spacial score (nSPS) is 11.7. The fourth-order valence-corrected chi connectivity index (χ4v) is 8.61. The van der Waals surface area contributed by atoms with Gasteiger partial charge in [0.1, 0.15) is 8.37 Å². The van der Waals surface area contributed by atoms with Crippen LogP contribution < -0.4 is 4.44 Å². The minimum atomic E-state index is -2.94. The zero-order chi connectivity index (χ0) is 26.1. The Bertz CT molecular complexity index is 716. The van der Waals surface area contributed by atoms with Crippen LogP contribution in [-0.4, -0.2) is 74.0 Å². The van der Waals surface area contributed by atoms with E-state index in [0.29, 0.717) is 0 Å². The van der Waals surface area contributed by atoms with Crippen LogP contribution >= 0.6 is 78.8 Å². The van der Waals surface area contributed by atoms with E-state index in [1.54, 1.807) is 22.7 Å². The molecule has 5 nitrogen and oxygen atoms in total. The van der Waals surface area contributed by atoms with Crippen LogP contribution in [0.4, 0.5) is 0 Å². The van der Waals surface area contributed by atoms with Crippen LogP contribution in [-0.2, 0) is 0 Å². The van der Waals surface area contributed by atoms with Crippen LogP contribution in [0.25, 0.3) is 5.69 Å². The van der Waals surface area contributed by atoms with Crippen molar-refractivity contribution in [2.24, 2.45) is 0 Å². The summed E-state index contributed by atoms with van der Waals surface area (Å²) < 4.78 is 10.9. The van der Waals surface area contributed by atoms with Crippen LogP contribution in [0.2, 0.25) is 0 Å². The van der Waals surface area contributed by atoms with Gasteiger partial charge in [-0.25, -0.2) is 0 Å². The molecule has 0 saturated heterocycles. The minimum absolute atomic E-state index is 0.252. The molecule has 0 atom stereocenters. The Hall–Kier alpha value is 1.56. The molecule has 14 heteroatoms. The fourth-order valence-electron chi connectivity index (χ4n) is 2.90. The Balaban J connectivity index is 0.000000541. The van der Waals surface area contributed by atoms with E-state index in [9.17, 15) is 0 Å². The first-order valence-electron chi connectivity index (χ1n) is 11.4. The Morgan fingerprint density at radius 1 is 0.853 bits per heavy atom. The number of hydrogen-bond donors (Lipinski definition) is 0. The lowest BCUT2D eigenvalue weighted by Gasteiger charge is -2.43. The number of aromatic nitrogens is 2. The topological polar surface area (TPSA) is 26.5 Å². The lowest BCUT2D eigenvalue weighted by molar-refractivity contribution is -0.589. The summed E-state index contributed by atoms with van der Waals surface area (Å²) in [5, 5.41) is 4.44. The first-order valence-corrected chi connectivity index (χ1v) is 23.0. The standard InChI is InChI=1S/C12H30N3P.C8H8N2PS2.Al.4ClH/c1-7-13(8-2)16(14(9-3)10-4)15(11-5)12-6;1-12-8-9-10(11-13-8)7-5-3-2-4-6-7;;;;;/h7-12H2,1-6H3;2-6H,1H3;;4*1H/q;+1;+3;;;;/p-4. The lowest BCUT2D eigenvalue weighted by Crippen LogP contribution is -2.37. The van der Waals surface area contributed by atoms with Gasteiger partial charge in [-0.2, -0.15) is 0 Å². The van der Waals surface area contributed by atoms with Gasteiger partial charge < -0.3 is 40.2 Å². The molecular formula is C20H38AlCl4N5P2S2. The molecule has 0 aliphatic carbocycles. The third-order valence-corrected chi connectivity index (χ3v) is 11.3. The van der Waals surface area contributed by atoms with Gasteiger partial charge in [-0.05, 0) is 21.6 Å². The Morgan fingerprint density at radius 2 is 1.24 bits per heavy atom. The quantitative estimate of drug-likeness (QED) is 0.139. The molecule has 0 aliphatic heterocycles. The highest BCUT2D eigenvalue weighted by Crippen LogP contribution is 2.46. The molecule has 2 rings (SSSR count). The van der Waals surface area contributed by atoms with Crippen LogP contribution in [0.15, 0.2) is 34.7 Å². The van der Waals surface area contributed by atoms with Gasteiger partial charge in [0.05, 0.1) is 0 Å². The first kappa shape index (κ1) is 35.6. The molecule has 0 fully saturated rings. The maximum absolute atomic E-state index is 4.99. The van der Waals surface area contributed by atoms with Crippen molar-refractivity contribution in [3.8, 4) is 5.69 Å². The highest BCUT2D eigenvalue weighted by atomic mass is 35.9. The van der Waals surface area contributed by atoms with E-state index < -0.39 is 9.39 Å². The van der Waals surface area contributed by atoms with E-state index in [2.05, 4.69) is 79.0 Å². The number of hydrogen-bond acceptors (Lipinski definition) is 6. The van der Waals surface area contributed by atoms with Crippen molar-refractivity contribution in [2.45, 2.75) is 45.9 Å². The molecule has 0 spiro atoms. The summed E-state index contributed by atoms with van der Waals surface area (Å²) in [5.41, 5.74) is 1.15. The van der Waals surface area contributed by atoms with Gasteiger partial charge >= 0.3 is 16.9 Å². The van der Waals surface area contributed by atoms with E-state index in [1.165, 1.54) is 7.53 Å². The molecule has 0 N–H and O–H groups in total. The van der Waals surface area contributed by atoms with Crippen molar-refractivity contribution in [2.75, 3.05) is 45.5 Å². The van der Waals surface area contributed by atoms with Gasteiger partial charge in [0, 0.05) is 56.5 Å². The predicted molar refractivity (Wildman–Crippen MR) is 163 cm³/mol. The molecule has 1 aromatic heterocycles. The molecule has 1 heterocycles. The second-order valence-corrected chi connectivity index (χ2v) is 24.9. The molecule has 2 aromatic rings. The highest BCUT2D eigenvalue weighted by molar-refractivity contribution is 8.02. The fraction of sp³-hybridized carbons (Fsp3) is 0.650. The third-order valence-electron chi connectivity index (χ3n) is 4.48. The van der Waals surface area contributed by atoms with Crippen molar-refractivity contribution in [1.82, 2.24) is 19.1 Å². The van der Waals surface area contributed by atoms with E-state index in [-0.39, 0.29) is 8.37 Å². The molecule has 0 unspecified atom stereocenters. The SMILES string of the molecule is CCN(CC)P(N(CC)CC)N(CC)CC.CSc1n[n+](-c2ccccc2)ps1.[Cl][Al-]([Cl])([Cl])[Cl]. The van der Waals surface area contributed by atoms with Crippen LogP contribution in [0.3, 0.4) is 0 Å². The number of benzene rings is 1. The van der Waals surface area contributed by atoms with Gasteiger partial charge in [0.2, 0.25) is 10.0 Å². The molecule has 0 radical (unpaired) electrons. The second-order valence-electron chi connectivity index (χ2n) is 6.55. The molecule has 34 heavy (non-hydrogen) atoms. The third kappa shape index (κ3) is 15.1. The molecular weight excluding hydrogens is 605 g/mol. The summed E-state index contributed by atoms with van der Waals surface area (Å²) in [6.07, 6.45) is 2.05. The van der Waals surface area contributed by atoms with Crippen molar-refractivity contribution in [1.29, 1.82) is 0 Å². The van der Waals surface area contributed by atoms with Gasteiger partial charge in [-0.3, -0.25) is 14.0 Å². The average Bonchev–Trinajstić information content (AvgIpc) is 3.30. The zero-order valence-electron chi connectivity index (χ0n) is 21.2. The van der Waals surface area contributed by atoms with Crippen LogP contribution in [0.5, 0.6) is 0 Å². The van der Waals surface area contributed by atoms with Crippen molar-refractivity contribution in [3.63, 3.8) is 0 Å². The number of nitrogens with zero attached hydrogens (tertiary/aromatic N) is 5. The van der Waals surface area contributed by atoms with Gasteiger partial charge in [0.15, 0.2) is 0 Å². The van der Waals surface area contributed by atoms with E-state index in [1.807, 2.05) is 22.6 Å². The highest BCUT2D eigenvalue weighted by Gasteiger charge is 2.26. The lowest BCUT2D eigenvalue weighted by atomic mass is 10.3.